The summed E-state index contributed by atoms with van der Waals surface area (Å²) in [6.45, 7) is 1.91. The fourth-order valence-electron chi connectivity index (χ4n) is 3.29. The van der Waals surface area contributed by atoms with Crippen LogP contribution in [0.5, 0.6) is 0 Å². The molecular weight excluding hydrogens is 335 g/mol. The minimum Gasteiger partial charge on any atom is -0.377 e. The standard InChI is InChI=1S/C19H19FN4O2/c1-25-12-17-22-19(26-23-17)13-6-7-18(21-10-13)24-9-8-14(11-24)15-4-2-3-5-16(15)20/h2-7,10,14H,8-9,11-12H2,1H3/t14-/m1/s1. The average Bonchev–Trinajstić information content (AvgIpc) is 3.32. The van der Waals surface area contributed by atoms with Crippen LogP contribution in [0, 0.1) is 5.82 Å². The van der Waals surface area contributed by atoms with Gasteiger partial charge < -0.3 is 14.2 Å². The molecule has 0 bridgehead atoms. The van der Waals surface area contributed by atoms with Crippen LogP contribution in [0.15, 0.2) is 47.1 Å². The summed E-state index contributed by atoms with van der Waals surface area (Å²) in [5, 5.41) is 3.85. The van der Waals surface area contributed by atoms with Gasteiger partial charge in [-0.25, -0.2) is 9.37 Å². The van der Waals surface area contributed by atoms with Crippen molar-refractivity contribution < 1.29 is 13.7 Å². The van der Waals surface area contributed by atoms with Crippen LogP contribution in [-0.2, 0) is 11.3 Å². The smallest absolute Gasteiger partial charge is 0.259 e. The molecule has 26 heavy (non-hydrogen) atoms. The van der Waals surface area contributed by atoms with Crippen molar-refractivity contribution in [2.24, 2.45) is 0 Å². The predicted octanol–water partition coefficient (Wildman–Crippen LogP) is 3.41. The zero-order valence-corrected chi connectivity index (χ0v) is 14.4. The molecule has 2 aromatic heterocycles. The highest BCUT2D eigenvalue weighted by Gasteiger charge is 2.26. The van der Waals surface area contributed by atoms with Crippen molar-refractivity contribution in [1.82, 2.24) is 15.1 Å². The van der Waals surface area contributed by atoms with Gasteiger partial charge in [-0.2, -0.15) is 4.98 Å². The van der Waals surface area contributed by atoms with Crippen LogP contribution >= 0.6 is 0 Å². The first-order valence-electron chi connectivity index (χ1n) is 8.52. The molecule has 134 valence electrons. The van der Waals surface area contributed by atoms with Crippen LogP contribution < -0.4 is 4.90 Å². The second kappa shape index (κ2) is 7.21. The van der Waals surface area contributed by atoms with Crippen molar-refractivity contribution in [1.29, 1.82) is 0 Å². The lowest BCUT2D eigenvalue weighted by molar-refractivity contribution is 0.174. The van der Waals surface area contributed by atoms with Crippen molar-refractivity contribution in [2.45, 2.75) is 18.9 Å². The highest BCUT2D eigenvalue weighted by atomic mass is 19.1. The molecule has 0 unspecified atom stereocenters. The molecule has 0 spiro atoms. The molecule has 1 aliphatic rings. The van der Waals surface area contributed by atoms with E-state index in [1.54, 1.807) is 19.4 Å². The zero-order valence-electron chi connectivity index (χ0n) is 14.4. The summed E-state index contributed by atoms with van der Waals surface area (Å²) in [5.41, 5.74) is 1.54. The third-order valence-electron chi connectivity index (χ3n) is 4.59. The molecule has 1 saturated heterocycles. The Morgan fingerprint density at radius 2 is 2.15 bits per heavy atom. The van der Waals surface area contributed by atoms with Gasteiger partial charge in [0.1, 0.15) is 18.2 Å². The molecule has 3 heterocycles. The van der Waals surface area contributed by atoms with Crippen LogP contribution in [0.2, 0.25) is 0 Å². The van der Waals surface area contributed by atoms with Crippen molar-refractivity contribution in [3.8, 4) is 11.5 Å². The predicted molar refractivity (Wildman–Crippen MR) is 94.2 cm³/mol. The molecule has 0 radical (unpaired) electrons. The number of halogens is 1. The number of rotatable bonds is 5. The van der Waals surface area contributed by atoms with E-state index >= 15 is 0 Å². The monoisotopic (exact) mass is 354 g/mol. The number of ether oxygens (including phenoxy) is 1. The average molecular weight is 354 g/mol. The van der Waals surface area contributed by atoms with E-state index in [1.165, 1.54) is 6.07 Å². The Morgan fingerprint density at radius 3 is 2.92 bits per heavy atom. The SMILES string of the molecule is COCc1noc(-c2ccc(N3CC[C@@H](c4ccccc4F)C3)nc2)n1. The second-order valence-electron chi connectivity index (χ2n) is 6.31. The molecule has 6 nitrogen and oxygen atoms in total. The van der Waals surface area contributed by atoms with Crippen LogP contribution in [0.4, 0.5) is 10.2 Å². The van der Waals surface area contributed by atoms with Crippen LogP contribution in [0.25, 0.3) is 11.5 Å². The summed E-state index contributed by atoms with van der Waals surface area (Å²) in [7, 11) is 1.58. The van der Waals surface area contributed by atoms with Gasteiger partial charge in [0.05, 0.1) is 5.56 Å². The first kappa shape index (κ1) is 16.7. The zero-order chi connectivity index (χ0) is 17.9. The van der Waals surface area contributed by atoms with E-state index in [0.717, 1.165) is 36.5 Å². The van der Waals surface area contributed by atoms with Crippen molar-refractivity contribution in [3.63, 3.8) is 0 Å². The van der Waals surface area contributed by atoms with Gasteiger partial charge in [-0.1, -0.05) is 23.4 Å². The van der Waals surface area contributed by atoms with E-state index in [0.29, 0.717) is 18.3 Å². The van der Waals surface area contributed by atoms with Crippen molar-refractivity contribution in [3.05, 3.63) is 59.8 Å². The van der Waals surface area contributed by atoms with Crippen LogP contribution in [0.1, 0.15) is 23.7 Å². The minimum absolute atomic E-state index is 0.133. The number of benzene rings is 1. The Bertz CT molecular complexity index is 881. The summed E-state index contributed by atoms with van der Waals surface area (Å²) in [6.07, 6.45) is 2.63. The molecule has 1 aliphatic heterocycles. The van der Waals surface area contributed by atoms with Gasteiger partial charge in [-0.05, 0) is 30.2 Å². The van der Waals surface area contributed by atoms with Crippen molar-refractivity contribution >= 4 is 5.82 Å². The molecule has 1 aromatic carbocycles. The fraction of sp³-hybridized carbons (Fsp3) is 0.316. The van der Waals surface area contributed by atoms with Gasteiger partial charge in [0.2, 0.25) is 0 Å². The number of nitrogens with zero attached hydrogens (tertiary/aromatic N) is 4. The number of aromatic nitrogens is 3. The largest absolute Gasteiger partial charge is 0.377 e. The lowest BCUT2D eigenvalue weighted by atomic mass is 9.98. The molecule has 1 atom stereocenters. The quantitative estimate of drug-likeness (QED) is 0.700. The molecule has 0 saturated carbocycles. The lowest BCUT2D eigenvalue weighted by Gasteiger charge is -2.18. The first-order valence-corrected chi connectivity index (χ1v) is 8.52. The molecule has 1 fully saturated rings. The Balaban J connectivity index is 1.46. The van der Waals surface area contributed by atoms with Gasteiger partial charge in [0.15, 0.2) is 5.82 Å². The normalized spacial score (nSPS) is 17.0. The summed E-state index contributed by atoms with van der Waals surface area (Å²) in [6, 6.07) is 10.8. The maximum atomic E-state index is 14.0. The third kappa shape index (κ3) is 3.30. The van der Waals surface area contributed by atoms with Gasteiger partial charge in [0, 0.05) is 32.3 Å². The molecule has 7 heteroatoms. The Labute approximate surface area is 150 Å². The number of pyridine rings is 1. The molecular formula is C19H19FN4O2. The lowest BCUT2D eigenvalue weighted by Crippen LogP contribution is -2.20. The van der Waals surface area contributed by atoms with E-state index in [-0.39, 0.29) is 11.7 Å². The van der Waals surface area contributed by atoms with Gasteiger partial charge in [-0.3, -0.25) is 0 Å². The Hall–Kier alpha value is -2.80. The number of anilines is 1. The Kier molecular flexibility index (Phi) is 4.62. The van der Waals surface area contributed by atoms with E-state index in [4.69, 9.17) is 9.26 Å². The van der Waals surface area contributed by atoms with Gasteiger partial charge >= 0.3 is 0 Å². The highest BCUT2D eigenvalue weighted by molar-refractivity contribution is 5.55. The van der Waals surface area contributed by atoms with Gasteiger partial charge in [0.25, 0.3) is 5.89 Å². The summed E-state index contributed by atoms with van der Waals surface area (Å²) >= 11 is 0. The Morgan fingerprint density at radius 1 is 1.27 bits per heavy atom. The molecule has 0 aliphatic carbocycles. The third-order valence-corrected chi connectivity index (χ3v) is 4.59. The van der Waals surface area contributed by atoms with E-state index in [1.807, 2.05) is 24.3 Å². The van der Waals surface area contributed by atoms with E-state index in [9.17, 15) is 4.39 Å². The maximum Gasteiger partial charge on any atom is 0.259 e. The summed E-state index contributed by atoms with van der Waals surface area (Å²) in [5.74, 6) is 1.83. The van der Waals surface area contributed by atoms with Crippen molar-refractivity contribution in [2.75, 3.05) is 25.1 Å². The highest BCUT2D eigenvalue weighted by Crippen LogP contribution is 2.31. The number of methoxy groups -OCH3 is 1. The summed E-state index contributed by atoms with van der Waals surface area (Å²) in [4.78, 5) is 10.9. The van der Waals surface area contributed by atoms with Crippen LogP contribution in [-0.4, -0.2) is 35.3 Å². The first-order chi connectivity index (χ1) is 12.7. The van der Waals surface area contributed by atoms with E-state index < -0.39 is 0 Å². The number of hydrogen-bond donors (Lipinski definition) is 0. The van der Waals surface area contributed by atoms with E-state index in [2.05, 4.69) is 20.0 Å². The number of hydrogen-bond acceptors (Lipinski definition) is 6. The molecule has 0 N–H and O–H groups in total. The fourth-order valence-corrected chi connectivity index (χ4v) is 3.29. The molecule has 4 rings (SSSR count). The summed E-state index contributed by atoms with van der Waals surface area (Å²) < 4.78 is 24.2. The maximum absolute atomic E-state index is 14.0. The topological polar surface area (TPSA) is 64.3 Å². The van der Waals surface area contributed by atoms with Gasteiger partial charge in [-0.15, -0.1) is 0 Å². The second-order valence-corrected chi connectivity index (χ2v) is 6.31. The molecule has 3 aromatic rings. The minimum atomic E-state index is -0.133. The van der Waals surface area contributed by atoms with Crippen LogP contribution in [0.3, 0.4) is 0 Å². The molecule has 0 amide bonds.